The van der Waals surface area contributed by atoms with Crippen molar-refractivity contribution in [2.24, 2.45) is 0 Å². The third-order valence-corrected chi connectivity index (χ3v) is 3.14. The summed E-state index contributed by atoms with van der Waals surface area (Å²) in [6, 6.07) is 1.53. The average Bonchev–Trinajstić information content (AvgIpc) is 2.70. The number of carbonyl (C=O) groups is 1. The minimum absolute atomic E-state index is 0.140. The van der Waals surface area contributed by atoms with Crippen molar-refractivity contribution in [1.29, 1.82) is 0 Å². The summed E-state index contributed by atoms with van der Waals surface area (Å²) in [5.41, 5.74) is -0.222. The number of likely N-dealkylation sites (tertiary alicyclic amines) is 1. The van der Waals surface area contributed by atoms with E-state index in [2.05, 4.69) is 4.98 Å². The summed E-state index contributed by atoms with van der Waals surface area (Å²) in [6.45, 7) is 5.70. The smallest absolute Gasteiger partial charge is 0.410 e. The van der Waals surface area contributed by atoms with Gasteiger partial charge in [0.2, 0.25) is 0 Å². The van der Waals surface area contributed by atoms with E-state index in [4.69, 9.17) is 4.74 Å². The second-order valence-electron chi connectivity index (χ2n) is 5.96. The molecule has 0 saturated carbocycles. The van der Waals surface area contributed by atoms with E-state index in [1.165, 1.54) is 17.2 Å². The Morgan fingerprint density at radius 2 is 2.20 bits per heavy atom. The Morgan fingerprint density at radius 1 is 1.50 bits per heavy atom. The molecule has 1 saturated heterocycles. The van der Waals surface area contributed by atoms with Crippen LogP contribution in [0.5, 0.6) is 0 Å². The Labute approximate surface area is 117 Å². The lowest BCUT2D eigenvalue weighted by Crippen LogP contribution is -2.35. The quantitative estimate of drug-likeness (QED) is 0.854. The van der Waals surface area contributed by atoms with Gasteiger partial charge in [-0.1, -0.05) is 0 Å². The van der Waals surface area contributed by atoms with Gasteiger partial charge in [0.05, 0.1) is 18.8 Å². The molecule has 1 amide bonds. The molecule has 0 spiro atoms. The molecule has 1 fully saturated rings. The molecule has 2 atom stereocenters. The van der Waals surface area contributed by atoms with Gasteiger partial charge in [-0.2, -0.15) is 0 Å². The summed E-state index contributed by atoms with van der Waals surface area (Å²) in [5, 5.41) is 10.0. The summed E-state index contributed by atoms with van der Waals surface area (Å²) >= 11 is 0. The summed E-state index contributed by atoms with van der Waals surface area (Å²) < 4.78 is 19.0. The third-order valence-electron chi connectivity index (χ3n) is 3.14. The van der Waals surface area contributed by atoms with Crippen molar-refractivity contribution in [3.8, 4) is 0 Å². The normalized spacial score (nSPS) is 22.9. The fourth-order valence-corrected chi connectivity index (χ4v) is 2.25. The van der Waals surface area contributed by atoms with Gasteiger partial charge in [0, 0.05) is 18.7 Å². The molecule has 1 aliphatic heterocycles. The number of carbonyl (C=O) groups excluding carboxylic acids is 1. The number of aromatic nitrogens is 1. The summed E-state index contributed by atoms with van der Waals surface area (Å²) in [7, 11) is 0. The Kier molecular flexibility index (Phi) is 3.94. The van der Waals surface area contributed by atoms with Crippen molar-refractivity contribution in [2.75, 3.05) is 13.1 Å². The first kappa shape index (κ1) is 14.7. The maximum Gasteiger partial charge on any atom is 0.410 e. The summed E-state index contributed by atoms with van der Waals surface area (Å²) in [4.78, 5) is 17.0. The van der Waals surface area contributed by atoms with Gasteiger partial charge in [-0.3, -0.25) is 4.98 Å². The largest absolute Gasteiger partial charge is 0.444 e. The predicted octanol–water partition coefficient (Wildman–Crippen LogP) is 1.92. The highest BCUT2D eigenvalue weighted by molar-refractivity contribution is 5.68. The van der Waals surface area contributed by atoms with E-state index in [1.54, 1.807) is 20.8 Å². The number of amides is 1. The van der Waals surface area contributed by atoms with Crippen LogP contribution in [0.3, 0.4) is 0 Å². The van der Waals surface area contributed by atoms with Gasteiger partial charge in [0.15, 0.2) is 0 Å². The summed E-state index contributed by atoms with van der Waals surface area (Å²) in [5.74, 6) is -0.923. The van der Waals surface area contributed by atoms with Crippen LogP contribution >= 0.6 is 0 Å². The van der Waals surface area contributed by atoms with Gasteiger partial charge in [-0.15, -0.1) is 0 Å². The standard InChI is InChI=1S/C14H19FN2O3/c1-14(2,3)20-13(19)17-7-10(12(18)8-17)9-4-5-16-6-11(9)15/h4-6,10,12,18H,7-8H2,1-3H3/t10-,12+/m0/s1. The number of aliphatic hydroxyl groups excluding tert-OH is 1. The number of aliphatic hydroxyl groups is 1. The number of hydrogen-bond donors (Lipinski definition) is 1. The fourth-order valence-electron chi connectivity index (χ4n) is 2.25. The lowest BCUT2D eigenvalue weighted by molar-refractivity contribution is 0.0270. The number of halogens is 1. The van der Waals surface area contributed by atoms with Crippen molar-refractivity contribution < 1.29 is 19.0 Å². The highest BCUT2D eigenvalue weighted by Gasteiger charge is 2.38. The number of pyridine rings is 1. The molecular formula is C14H19FN2O3. The van der Waals surface area contributed by atoms with Crippen molar-refractivity contribution in [1.82, 2.24) is 9.88 Å². The van der Waals surface area contributed by atoms with Gasteiger partial charge >= 0.3 is 6.09 Å². The van der Waals surface area contributed by atoms with Gasteiger partial charge < -0.3 is 14.7 Å². The zero-order valence-corrected chi connectivity index (χ0v) is 11.8. The van der Waals surface area contributed by atoms with E-state index in [0.29, 0.717) is 5.56 Å². The maximum absolute atomic E-state index is 13.7. The van der Waals surface area contributed by atoms with E-state index in [-0.39, 0.29) is 13.1 Å². The topological polar surface area (TPSA) is 62.7 Å². The lowest BCUT2D eigenvalue weighted by Gasteiger charge is -2.24. The number of nitrogens with zero attached hydrogens (tertiary/aromatic N) is 2. The Bertz CT molecular complexity index is 501. The van der Waals surface area contributed by atoms with Crippen molar-refractivity contribution in [2.45, 2.75) is 38.4 Å². The van der Waals surface area contributed by atoms with E-state index < -0.39 is 29.5 Å². The van der Waals surface area contributed by atoms with E-state index in [0.717, 1.165) is 6.20 Å². The van der Waals surface area contributed by atoms with Crippen LogP contribution in [0.25, 0.3) is 0 Å². The third kappa shape index (κ3) is 3.25. The lowest BCUT2D eigenvalue weighted by atomic mass is 9.97. The van der Waals surface area contributed by atoms with Gasteiger partial charge in [0.1, 0.15) is 11.4 Å². The minimum Gasteiger partial charge on any atom is -0.444 e. The first-order chi connectivity index (χ1) is 9.28. The number of β-amino-alcohol motifs (C(OH)–C–C–N with tert-alkyl or cyclic N) is 1. The van der Waals surface area contributed by atoms with Crippen LogP contribution in [0.1, 0.15) is 32.3 Å². The maximum atomic E-state index is 13.7. The van der Waals surface area contributed by atoms with Crippen LogP contribution in [-0.4, -0.2) is 45.9 Å². The number of ether oxygens (including phenoxy) is 1. The molecule has 2 rings (SSSR count). The average molecular weight is 282 g/mol. The molecule has 1 aliphatic rings. The molecule has 6 heteroatoms. The highest BCUT2D eigenvalue weighted by atomic mass is 19.1. The molecule has 110 valence electrons. The Hall–Kier alpha value is -1.69. The van der Waals surface area contributed by atoms with E-state index in [1.807, 2.05) is 0 Å². The summed E-state index contributed by atoms with van der Waals surface area (Å²) in [6.07, 6.45) is 1.28. The molecule has 1 N–H and O–H groups in total. The van der Waals surface area contributed by atoms with E-state index in [9.17, 15) is 14.3 Å². The molecule has 5 nitrogen and oxygen atoms in total. The number of hydrogen-bond acceptors (Lipinski definition) is 4. The van der Waals surface area contributed by atoms with Crippen LogP contribution in [0.2, 0.25) is 0 Å². The van der Waals surface area contributed by atoms with Crippen LogP contribution in [0.15, 0.2) is 18.5 Å². The SMILES string of the molecule is CC(C)(C)OC(=O)N1C[C@@H](O)[C@H](c2ccncc2F)C1. The molecule has 1 aromatic heterocycles. The van der Waals surface area contributed by atoms with Crippen LogP contribution in [-0.2, 0) is 4.74 Å². The molecule has 0 aliphatic carbocycles. The monoisotopic (exact) mass is 282 g/mol. The van der Waals surface area contributed by atoms with E-state index >= 15 is 0 Å². The molecule has 0 radical (unpaired) electrons. The van der Waals surface area contributed by atoms with Crippen LogP contribution in [0, 0.1) is 5.82 Å². The molecule has 1 aromatic rings. The van der Waals surface area contributed by atoms with Gasteiger partial charge in [0.25, 0.3) is 0 Å². The zero-order chi connectivity index (χ0) is 14.9. The Morgan fingerprint density at radius 3 is 2.80 bits per heavy atom. The molecular weight excluding hydrogens is 263 g/mol. The second-order valence-corrected chi connectivity index (χ2v) is 5.96. The molecule has 0 bridgehead atoms. The van der Waals surface area contributed by atoms with Crippen LogP contribution in [0.4, 0.5) is 9.18 Å². The van der Waals surface area contributed by atoms with Gasteiger partial charge in [-0.25, -0.2) is 9.18 Å². The molecule has 2 heterocycles. The first-order valence-corrected chi connectivity index (χ1v) is 6.53. The zero-order valence-electron chi connectivity index (χ0n) is 11.8. The van der Waals surface area contributed by atoms with Crippen molar-refractivity contribution >= 4 is 6.09 Å². The molecule has 0 unspecified atom stereocenters. The number of rotatable bonds is 1. The van der Waals surface area contributed by atoms with Gasteiger partial charge in [-0.05, 0) is 32.4 Å². The second kappa shape index (κ2) is 5.36. The minimum atomic E-state index is -0.806. The molecule has 20 heavy (non-hydrogen) atoms. The van der Waals surface area contributed by atoms with Crippen molar-refractivity contribution in [3.63, 3.8) is 0 Å². The molecule has 0 aromatic carbocycles. The van der Waals surface area contributed by atoms with Crippen molar-refractivity contribution in [3.05, 3.63) is 29.8 Å². The first-order valence-electron chi connectivity index (χ1n) is 6.53. The highest BCUT2D eigenvalue weighted by Crippen LogP contribution is 2.29. The fraction of sp³-hybridized carbons (Fsp3) is 0.571. The Balaban J connectivity index is 2.10. The predicted molar refractivity (Wildman–Crippen MR) is 70.7 cm³/mol. The van der Waals surface area contributed by atoms with Crippen LogP contribution < -0.4 is 0 Å².